The minimum Gasteiger partial charge on any atom is -0.451 e. The molecule has 6 heteroatoms. The Hall–Kier alpha value is -2.99. The summed E-state index contributed by atoms with van der Waals surface area (Å²) in [6.07, 6.45) is 1.64. The Morgan fingerprint density at radius 1 is 1.20 bits per heavy atom. The molecule has 0 atom stereocenters. The number of hydrogen-bond acceptors (Lipinski definition) is 4. The van der Waals surface area contributed by atoms with Gasteiger partial charge in [-0.05, 0) is 56.1 Å². The average molecular weight is 339 g/mol. The predicted octanol–water partition coefficient (Wildman–Crippen LogP) is 3.79. The second kappa shape index (κ2) is 7.27. The normalized spacial score (nSPS) is 10.9. The van der Waals surface area contributed by atoms with Crippen LogP contribution in [0.1, 0.15) is 16.1 Å². The molecule has 2 aromatic heterocycles. The fourth-order valence-corrected chi connectivity index (χ4v) is 2.45. The summed E-state index contributed by atoms with van der Waals surface area (Å²) in [5.41, 5.74) is 1.34. The minimum atomic E-state index is -0.433. The van der Waals surface area contributed by atoms with E-state index < -0.39 is 11.7 Å². The number of anilines is 1. The van der Waals surface area contributed by atoms with Crippen LogP contribution in [-0.4, -0.2) is 29.9 Å². The maximum Gasteiger partial charge on any atom is 0.292 e. The molecule has 0 saturated carbocycles. The molecule has 0 unspecified atom stereocenters. The van der Waals surface area contributed by atoms with Crippen molar-refractivity contribution in [3.8, 4) is 11.3 Å². The molecular formula is C19H18FN3O2. The summed E-state index contributed by atoms with van der Waals surface area (Å²) in [5.74, 6) is 0.00257. The summed E-state index contributed by atoms with van der Waals surface area (Å²) < 4.78 is 19.3. The fraction of sp³-hybridized carbons (Fsp3) is 0.158. The van der Waals surface area contributed by atoms with Crippen LogP contribution in [0.5, 0.6) is 0 Å². The van der Waals surface area contributed by atoms with Crippen molar-refractivity contribution in [3.05, 3.63) is 71.9 Å². The van der Waals surface area contributed by atoms with Gasteiger partial charge in [0.05, 0.1) is 5.56 Å². The zero-order chi connectivity index (χ0) is 17.8. The first kappa shape index (κ1) is 16.9. The molecule has 0 radical (unpaired) electrons. The van der Waals surface area contributed by atoms with Crippen molar-refractivity contribution in [1.82, 2.24) is 9.88 Å². The second-order valence-electron chi connectivity index (χ2n) is 5.88. The lowest BCUT2D eigenvalue weighted by atomic mass is 10.1. The summed E-state index contributed by atoms with van der Waals surface area (Å²) in [6.45, 7) is 0.740. The number of benzene rings is 1. The number of nitrogens with zero attached hydrogens (tertiary/aromatic N) is 2. The number of amides is 1. The van der Waals surface area contributed by atoms with Gasteiger partial charge in [-0.1, -0.05) is 12.1 Å². The minimum absolute atomic E-state index is 0.0954. The van der Waals surface area contributed by atoms with Crippen LogP contribution in [0.25, 0.3) is 11.3 Å². The molecule has 1 aromatic carbocycles. The van der Waals surface area contributed by atoms with Crippen LogP contribution >= 0.6 is 0 Å². The molecule has 0 saturated heterocycles. The van der Waals surface area contributed by atoms with E-state index in [0.717, 1.165) is 12.1 Å². The maximum absolute atomic E-state index is 13.8. The van der Waals surface area contributed by atoms with Crippen molar-refractivity contribution >= 4 is 11.7 Å². The van der Waals surface area contributed by atoms with E-state index >= 15 is 0 Å². The molecule has 0 aliphatic rings. The van der Waals surface area contributed by atoms with Gasteiger partial charge in [0.25, 0.3) is 5.91 Å². The largest absolute Gasteiger partial charge is 0.451 e. The highest BCUT2D eigenvalue weighted by Gasteiger charge is 2.15. The first-order valence-electron chi connectivity index (χ1n) is 7.78. The Bertz CT molecular complexity index is 890. The fourth-order valence-electron chi connectivity index (χ4n) is 2.45. The first-order chi connectivity index (χ1) is 12.0. The van der Waals surface area contributed by atoms with E-state index in [1.807, 2.05) is 25.1 Å². The van der Waals surface area contributed by atoms with Gasteiger partial charge in [-0.3, -0.25) is 4.79 Å². The van der Waals surface area contributed by atoms with Gasteiger partial charge in [0.15, 0.2) is 5.76 Å². The lowest BCUT2D eigenvalue weighted by Gasteiger charge is -2.10. The van der Waals surface area contributed by atoms with Crippen LogP contribution in [0.2, 0.25) is 0 Å². The molecule has 0 aliphatic heterocycles. The van der Waals surface area contributed by atoms with Crippen LogP contribution in [0.15, 0.2) is 59.1 Å². The van der Waals surface area contributed by atoms with Gasteiger partial charge in [-0.15, -0.1) is 0 Å². The molecule has 1 amide bonds. The van der Waals surface area contributed by atoms with Gasteiger partial charge in [-0.2, -0.15) is 0 Å². The second-order valence-corrected chi connectivity index (χ2v) is 5.88. The predicted molar refractivity (Wildman–Crippen MR) is 93.7 cm³/mol. The maximum atomic E-state index is 13.8. The van der Waals surface area contributed by atoms with Gasteiger partial charge in [-0.25, -0.2) is 9.37 Å². The van der Waals surface area contributed by atoms with Crippen molar-refractivity contribution < 1.29 is 13.6 Å². The number of rotatable bonds is 5. The summed E-state index contributed by atoms with van der Waals surface area (Å²) >= 11 is 0. The molecule has 5 nitrogen and oxygen atoms in total. The first-order valence-corrected chi connectivity index (χ1v) is 7.78. The molecule has 0 aliphatic carbocycles. The van der Waals surface area contributed by atoms with Crippen molar-refractivity contribution in [2.24, 2.45) is 0 Å². The third kappa shape index (κ3) is 4.10. The molecule has 2 heterocycles. The molecule has 0 spiro atoms. The van der Waals surface area contributed by atoms with Gasteiger partial charge < -0.3 is 14.6 Å². The van der Waals surface area contributed by atoms with E-state index in [2.05, 4.69) is 10.3 Å². The number of halogens is 1. The lowest BCUT2D eigenvalue weighted by molar-refractivity contribution is 0.0997. The Labute approximate surface area is 145 Å². The highest BCUT2D eigenvalue weighted by atomic mass is 19.1. The third-order valence-corrected chi connectivity index (χ3v) is 3.53. The van der Waals surface area contributed by atoms with Gasteiger partial charge in [0.1, 0.15) is 17.4 Å². The summed E-state index contributed by atoms with van der Waals surface area (Å²) in [7, 11) is 3.93. The smallest absolute Gasteiger partial charge is 0.292 e. The molecule has 0 fully saturated rings. The van der Waals surface area contributed by atoms with Crippen LogP contribution in [0.4, 0.5) is 10.2 Å². The van der Waals surface area contributed by atoms with Crippen molar-refractivity contribution in [1.29, 1.82) is 0 Å². The lowest BCUT2D eigenvalue weighted by Crippen LogP contribution is -2.14. The summed E-state index contributed by atoms with van der Waals surface area (Å²) in [5, 5.41) is 2.70. The van der Waals surface area contributed by atoms with Gasteiger partial charge >= 0.3 is 0 Å². The van der Waals surface area contributed by atoms with E-state index in [9.17, 15) is 9.18 Å². The summed E-state index contributed by atoms with van der Waals surface area (Å²) in [6, 6.07) is 13.0. The van der Waals surface area contributed by atoms with Crippen molar-refractivity contribution in [3.63, 3.8) is 0 Å². The third-order valence-electron chi connectivity index (χ3n) is 3.53. The monoisotopic (exact) mass is 339 g/mol. The Balaban J connectivity index is 1.75. The molecule has 1 N–H and O–H groups in total. The van der Waals surface area contributed by atoms with Gasteiger partial charge in [0.2, 0.25) is 0 Å². The highest BCUT2D eigenvalue weighted by Crippen LogP contribution is 2.25. The molecule has 3 rings (SSSR count). The topological polar surface area (TPSA) is 58.4 Å². The number of pyridine rings is 1. The van der Waals surface area contributed by atoms with Crippen LogP contribution in [-0.2, 0) is 6.54 Å². The number of hydrogen-bond donors (Lipinski definition) is 1. The van der Waals surface area contributed by atoms with E-state index in [4.69, 9.17) is 4.42 Å². The molecular weight excluding hydrogens is 321 g/mol. The molecule has 0 bridgehead atoms. The van der Waals surface area contributed by atoms with E-state index in [0.29, 0.717) is 17.1 Å². The van der Waals surface area contributed by atoms with Crippen LogP contribution in [0, 0.1) is 5.82 Å². The SMILES string of the molecule is CN(C)Cc1ccnc(NC(=O)c2ccc(-c3ccccc3F)o2)c1. The van der Waals surface area contributed by atoms with E-state index in [1.165, 1.54) is 12.1 Å². The van der Waals surface area contributed by atoms with Crippen LogP contribution < -0.4 is 5.32 Å². The zero-order valence-corrected chi connectivity index (χ0v) is 14.0. The average Bonchev–Trinajstić information content (AvgIpc) is 3.05. The Kier molecular flexibility index (Phi) is 4.90. The Morgan fingerprint density at radius 3 is 2.76 bits per heavy atom. The number of nitrogens with one attached hydrogen (secondary N) is 1. The standard InChI is InChI=1S/C19H18FN3O2/c1-23(2)12-13-9-10-21-18(11-13)22-19(24)17-8-7-16(25-17)14-5-3-4-6-15(14)20/h3-11H,12H2,1-2H3,(H,21,22,24). The zero-order valence-electron chi connectivity index (χ0n) is 14.0. The molecule has 25 heavy (non-hydrogen) atoms. The number of furan rings is 1. The Morgan fingerprint density at radius 2 is 2.00 bits per heavy atom. The highest BCUT2D eigenvalue weighted by molar-refractivity contribution is 6.02. The quantitative estimate of drug-likeness (QED) is 0.768. The number of carbonyl (C=O) groups excluding carboxylic acids is 1. The number of carbonyl (C=O) groups is 1. The van der Waals surface area contributed by atoms with E-state index in [-0.39, 0.29) is 5.76 Å². The van der Waals surface area contributed by atoms with Crippen LogP contribution in [0.3, 0.4) is 0 Å². The van der Waals surface area contributed by atoms with Gasteiger partial charge in [0, 0.05) is 12.7 Å². The van der Waals surface area contributed by atoms with Crippen molar-refractivity contribution in [2.75, 3.05) is 19.4 Å². The molecule has 3 aromatic rings. The van der Waals surface area contributed by atoms with Crippen molar-refractivity contribution in [2.45, 2.75) is 6.54 Å². The van der Waals surface area contributed by atoms with E-state index in [1.54, 1.807) is 36.5 Å². The summed E-state index contributed by atoms with van der Waals surface area (Å²) in [4.78, 5) is 18.5. The number of aromatic nitrogens is 1. The molecule has 128 valence electrons.